The molecule has 3 nitrogen and oxygen atoms in total. The van der Waals surface area contributed by atoms with Gasteiger partial charge in [-0.25, -0.2) is 0 Å². The summed E-state index contributed by atoms with van der Waals surface area (Å²) in [7, 11) is 0. The molecule has 44 valence electrons. The SMILES string of the molecule is CC(C)c1n[c-][nH]n1.[Rb+]. The van der Waals surface area contributed by atoms with E-state index in [-0.39, 0.29) is 58.2 Å². The normalized spacial score (nSPS) is 9.22. The van der Waals surface area contributed by atoms with Gasteiger partial charge in [0.25, 0.3) is 0 Å². The molecule has 1 aromatic rings. The first-order chi connectivity index (χ1) is 3.80. The fourth-order valence-corrected chi connectivity index (χ4v) is 0.448. The van der Waals surface area contributed by atoms with Crippen molar-refractivity contribution in [2.45, 2.75) is 19.8 Å². The third kappa shape index (κ3) is 3.02. The Morgan fingerprint density at radius 3 is 2.44 bits per heavy atom. The fraction of sp³-hybridized carbons (Fsp3) is 0.600. The average molecular weight is 196 g/mol. The van der Waals surface area contributed by atoms with Crippen LogP contribution >= 0.6 is 0 Å². The van der Waals surface area contributed by atoms with Gasteiger partial charge < -0.3 is 10.1 Å². The van der Waals surface area contributed by atoms with Gasteiger partial charge in [0.1, 0.15) is 0 Å². The minimum Gasteiger partial charge on any atom is -0.418 e. The van der Waals surface area contributed by atoms with Crippen LogP contribution in [0.4, 0.5) is 0 Å². The maximum Gasteiger partial charge on any atom is 1.00 e. The van der Waals surface area contributed by atoms with Gasteiger partial charge >= 0.3 is 58.2 Å². The Morgan fingerprint density at radius 2 is 2.22 bits per heavy atom. The van der Waals surface area contributed by atoms with Gasteiger partial charge in [0, 0.05) is 0 Å². The van der Waals surface area contributed by atoms with Crippen LogP contribution in [0.15, 0.2) is 0 Å². The van der Waals surface area contributed by atoms with E-state index in [4.69, 9.17) is 0 Å². The summed E-state index contributed by atoms with van der Waals surface area (Å²) in [5.41, 5.74) is 0. The smallest absolute Gasteiger partial charge is 0.418 e. The van der Waals surface area contributed by atoms with Gasteiger partial charge in [-0.3, -0.25) is 5.10 Å². The summed E-state index contributed by atoms with van der Waals surface area (Å²) >= 11 is 0. The number of hydrogen-bond acceptors (Lipinski definition) is 2. The second kappa shape index (κ2) is 4.71. The zero-order chi connectivity index (χ0) is 5.98. The van der Waals surface area contributed by atoms with Crippen LogP contribution in [0, 0.1) is 6.33 Å². The topological polar surface area (TPSA) is 41.6 Å². The first-order valence-corrected chi connectivity index (χ1v) is 2.59. The van der Waals surface area contributed by atoms with Crippen LogP contribution in [-0.4, -0.2) is 15.2 Å². The van der Waals surface area contributed by atoms with Gasteiger partial charge in [0.15, 0.2) is 0 Å². The average Bonchev–Trinajstić information content (AvgIpc) is 2.12. The number of H-pyrrole nitrogens is 1. The van der Waals surface area contributed by atoms with Crippen molar-refractivity contribution < 1.29 is 58.2 Å². The maximum atomic E-state index is 3.82. The molecule has 0 aliphatic rings. The minimum atomic E-state index is 0. The molecule has 0 saturated carbocycles. The summed E-state index contributed by atoms with van der Waals surface area (Å²) in [6.07, 6.45) is 2.52. The van der Waals surface area contributed by atoms with E-state index in [9.17, 15) is 0 Å². The fourth-order valence-electron chi connectivity index (χ4n) is 0.448. The summed E-state index contributed by atoms with van der Waals surface area (Å²) in [4.78, 5) is 3.82. The Bertz CT molecular complexity index is 147. The van der Waals surface area contributed by atoms with E-state index in [1.165, 1.54) is 0 Å². The standard InChI is InChI=1S/C5H8N3.Rb/c1-4(2)5-6-3-7-8-5;/h4H,1-2H3,(H,6,7,8);/q-1;+1. The molecule has 1 rings (SSSR count). The molecule has 0 spiro atoms. The first kappa shape index (κ1) is 9.95. The van der Waals surface area contributed by atoms with E-state index in [0.717, 1.165) is 5.82 Å². The van der Waals surface area contributed by atoms with Crippen molar-refractivity contribution in [1.29, 1.82) is 0 Å². The van der Waals surface area contributed by atoms with Gasteiger partial charge in [-0.05, 0) is 5.82 Å². The van der Waals surface area contributed by atoms with E-state index < -0.39 is 0 Å². The van der Waals surface area contributed by atoms with Crippen molar-refractivity contribution in [1.82, 2.24) is 15.2 Å². The summed E-state index contributed by atoms with van der Waals surface area (Å²) in [6.45, 7) is 4.08. The molecule has 0 aliphatic carbocycles. The molecular weight excluding hydrogens is 188 g/mol. The number of nitrogens with one attached hydrogen (secondary N) is 1. The molecule has 0 fully saturated rings. The van der Waals surface area contributed by atoms with Crippen LogP contribution in [0.5, 0.6) is 0 Å². The molecule has 0 saturated heterocycles. The quantitative estimate of drug-likeness (QED) is 0.514. The molecular formula is C5H8N3Rb. The van der Waals surface area contributed by atoms with Crippen LogP contribution in [0.25, 0.3) is 0 Å². The molecule has 1 heterocycles. The third-order valence-corrected chi connectivity index (χ3v) is 0.907. The molecule has 0 amide bonds. The van der Waals surface area contributed by atoms with Gasteiger partial charge in [-0.2, -0.15) is 0 Å². The van der Waals surface area contributed by atoms with Gasteiger partial charge in [-0.1, -0.05) is 26.1 Å². The second-order valence-electron chi connectivity index (χ2n) is 1.96. The Morgan fingerprint density at radius 1 is 1.56 bits per heavy atom. The zero-order valence-corrected chi connectivity index (χ0v) is 10.9. The zero-order valence-electron chi connectivity index (χ0n) is 5.97. The summed E-state index contributed by atoms with van der Waals surface area (Å²) in [6, 6.07) is 0. The molecule has 9 heavy (non-hydrogen) atoms. The molecule has 1 aromatic heterocycles. The summed E-state index contributed by atoms with van der Waals surface area (Å²) in [5, 5.41) is 6.35. The van der Waals surface area contributed by atoms with Crippen molar-refractivity contribution in [2.75, 3.05) is 0 Å². The third-order valence-electron chi connectivity index (χ3n) is 0.907. The molecule has 4 heteroatoms. The predicted octanol–water partition coefficient (Wildman–Crippen LogP) is -2.27. The van der Waals surface area contributed by atoms with Crippen LogP contribution in [0.3, 0.4) is 0 Å². The van der Waals surface area contributed by atoms with E-state index >= 15 is 0 Å². The summed E-state index contributed by atoms with van der Waals surface area (Å²) in [5.74, 6) is 1.22. The van der Waals surface area contributed by atoms with E-state index in [1.807, 2.05) is 13.8 Å². The van der Waals surface area contributed by atoms with Crippen molar-refractivity contribution in [2.24, 2.45) is 0 Å². The minimum absolute atomic E-state index is 0. The van der Waals surface area contributed by atoms with Crippen molar-refractivity contribution in [3.63, 3.8) is 0 Å². The van der Waals surface area contributed by atoms with Crippen molar-refractivity contribution >= 4 is 0 Å². The van der Waals surface area contributed by atoms with Crippen molar-refractivity contribution in [3.8, 4) is 0 Å². The number of aromatic nitrogens is 3. The number of rotatable bonds is 1. The van der Waals surface area contributed by atoms with Gasteiger partial charge in [-0.15, -0.1) is 0 Å². The summed E-state index contributed by atoms with van der Waals surface area (Å²) < 4.78 is 0. The Kier molecular flexibility index (Phi) is 5.21. The monoisotopic (exact) mass is 195 g/mol. The number of aromatic amines is 1. The molecule has 0 bridgehead atoms. The largest absolute Gasteiger partial charge is 1.00 e. The number of nitrogens with zero attached hydrogens (tertiary/aromatic N) is 2. The van der Waals surface area contributed by atoms with Crippen LogP contribution in [-0.2, 0) is 0 Å². The number of hydrogen-bond donors (Lipinski definition) is 1. The predicted molar refractivity (Wildman–Crippen MR) is 29.3 cm³/mol. The Hall–Kier alpha value is 0.945. The Balaban J connectivity index is 0.000000640. The van der Waals surface area contributed by atoms with Gasteiger partial charge in [0.2, 0.25) is 0 Å². The molecule has 0 aromatic carbocycles. The maximum absolute atomic E-state index is 3.82. The van der Waals surface area contributed by atoms with Crippen LogP contribution < -0.4 is 58.2 Å². The first-order valence-electron chi connectivity index (χ1n) is 2.59. The molecule has 0 atom stereocenters. The molecule has 0 unspecified atom stereocenters. The van der Waals surface area contributed by atoms with Crippen molar-refractivity contribution in [3.05, 3.63) is 12.2 Å². The van der Waals surface area contributed by atoms with E-state index in [2.05, 4.69) is 21.5 Å². The van der Waals surface area contributed by atoms with Crippen LogP contribution in [0.1, 0.15) is 25.6 Å². The Labute approximate surface area is 103 Å². The molecule has 1 N–H and O–H groups in total. The van der Waals surface area contributed by atoms with Gasteiger partial charge in [0.05, 0.1) is 0 Å². The molecule has 0 radical (unpaired) electrons. The van der Waals surface area contributed by atoms with E-state index in [1.54, 1.807) is 0 Å². The van der Waals surface area contributed by atoms with Crippen LogP contribution in [0.2, 0.25) is 0 Å². The second-order valence-corrected chi connectivity index (χ2v) is 1.96. The molecule has 0 aliphatic heterocycles. The van der Waals surface area contributed by atoms with E-state index in [0.29, 0.717) is 5.92 Å².